The van der Waals surface area contributed by atoms with E-state index in [4.69, 9.17) is 18.9 Å². The van der Waals surface area contributed by atoms with E-state index in [0.717, 1.165) is 21.9 Å². The molecule has 1 atom stereocenters. The van der Waals surface area contributed by atoms with Crippen molar-refractivity contribution in [3.05, 3.63) is 133 Å². The first-order chi connectivity index (χ1) is 21.5. The van der Waals surface area contributed by atoms with Gasteiger partial charge in [0, 0.05) is 0 Å². The lowest BCUT2D eigenvalue weighted by Gasteiger charge is -2.24. The number of esters is 1. The largest absolute Gasteiger partial charge is 0.489 e. The molecule has 2 aliphatic heterocycles. The first kappa shape index (κ1) is 27.7. The Bertz CT molecular complexity index is 2140. The smallest absolute Gasteiger partial charge is 0.338 e. The summed E-state index contributed by atoms with van der Waals surface area (Å²) in [4.78, 5) is 32.4. The number of nitrogens with zero attached hydrogens (tertiary/aromatic N) is 2. The zero-order chi connectivity index (χ0) is 30.2. The molecule has 0 bridgehead atoms. The molecule has 0 N–H and O–H groups in total. The predicted octanol–water partition coefficient (Wildman–Crippen LogP) is 5.26. The molecule has 0 saturated heterocycles. The third kappa shape index (κ3) is 5.05. The van der Waals surface area contributed by atoms with E-state index in [2.05, 4.69) is 29.3 Å². The zero-order valence-corrected chi connectivity index (χ0v) is 24.9. The van der Waals surface area contributed by atoms with Crippen molar-refractivity contribution in [2.45, 2.75) is 26.5 Å². The Morgan fingerprint density at radius 2 is 1.84 bits per heavy atom. The normalized spacial score (nSPS) is 15.7. The third-order valence-electron chi connectivity index (χ3n) is 7.66. The van der Waals surface area contributed by atoms with Crippen LogP contribution in [-0.4, -0.2) is 23.9 Å². The van der Waals surface area contributed by atoms with Crippen molar-refractivity contribution in [2.75, 3.05) is 13.4 Å². The van der Waals surface area contributed by atoms with Gasteiger partial charge in [-0.05, 0) is 71.7 Å². The molecule has 0 fully saturated rings. The maximum absolute atomic E-state index is 14.0. The van der Waals surface area contributed by atoms with Gasteiger partial charge < -0.3 is 18.9 Å². The minimum atomic E-state index is -0.739. The van der Waals surface area contributed by atoms with E-state index in [1.807, 2.05) is 54.6 Å². The second kappa shape index (κ2) is 11.5. The van der Waals surface area contributed by atoms with Crippen LogP contribution in [0.3, 0.4) is 0 Å². The number of thiazole rings is 1. The molecule has 8 nitrogen and oxygen atoms in total. The van der Waals surface area contributed by atoms with Crippen LogP contribution in [0.4, 0.5) is 0 Å². The van der Waals surface area contributed by atoms with E-state index < -0.39 is 12.0 Å². The number of aromatic nitrogens is 1. The molecular formula is C35H28N2O6S. The molecule has 2 aliphatic rings. The fourth-order valence-corrected chi connectivity index (χ4v) is 6.66. The monoisotopic (exact) mass is 604 g/mol. The van der Waals surface area contributed by atoms with Crippen LogP contribution in [0, 0.1) is 0 Å². The van der Waals surface area contributed by atoms with Gasteiger partial charge in [0.15, 0.2) is 16.3 Å². The molecule has 3 heterocycles. The summed E-state index contributed by atoms with van der Waals surface area (Å²) in [6, 6.07) is 26.7. The SMILES string of the molecule is CCOC(=O)C1=C(C)N=c2sc(=Cc3cccc(OCc4cccc5ccccc45)c3)c(=O)n2C1c1ccc2c(c1)OCO2. The number of hydrogen-bond donors (Lipinski definition) is 0. The second-order valence-electron chi connectivity index (χ2n) is 10.4. The van der Waals surface area contributed by atoms with Crippen molar-refractivity contribution < 1.29 is 23.7 Å². The number of rotatable bonds is 7. The van der Waals surface area contributed by atoms with Crippen molar-refractivity contribution in [3.63, 3.8) is 0 Å². The number of ether oxygens (including phenoxy) is 4. The Morgan fingerprint density at radius 1 is 1.02 bits per heavy atom. The van der Waals surface area contributed by atoms with Crippen molar-refractivity contribution in [2.24, 2.45) is 4.99 Å². The highest BCUT2D eigenvalue weighted by Gasteiger charge is 2.34. The highest BCUT2D eigenvalue weighted by molar-refractivity contribution is 7.07. The van der Waals surface area contributed by atoms with Crippen molar-refractivity contribution in [3.8, 4) is 17.2 Å². The summed E-state index contributed by atoms with van der Waals surface area (Å²) in [7, 11) is 0. The Morgan fingerprint density at radius 3 is 2.73 bits per heavy atom. The molecule has 4 aromatic carbocycles. The van der Waals surface area contributed by atoms with Crippen molar-refractivity contribution in [1.29, 1.82) is 0 Å². The number of hydrogen-bond acceptors (Lipinski definition) is 8. The highest BCUT2D eigenvalue weighted by Crippen LogP contribution is 2.38. The molecule has 0 saturated carbocycles. The van der Waals surface area contributed by atoms with Gasteiger partial charge in [-0.3, -0.25) is 9.36 Å². The van der Waals surface area contributed by atoms with Crippen LogP contribution in [0.2, 0.25) is 0 Å². The molecule has 1 aromatic heterocycles. The summed E-state index contributed by atoms with van der Waals surface area (Å²) in [6.45, 7) is 4.25. The van der Waals surface area contributed by atoms with E-state index in [1.54, 1.807) is 30.5 Å². The Balaban J connectivity index is 1.25. The Kier molecular flexibility index (Phi) is 7.23. The number of allylic oxidation sites excluding steroid dienone is 1. The molecule has 0 aliphatic carbocycles. The van der Waals surface area contributed by atoms with E-state index >= 15 is 0 Å². The van der Waals surface area contributed by atoms with E-state index in [9.17, 15) is 9.59 Å². The predicted molar refractivity (Wildman–Crippen MR) is 168 cm³/mol. The lowest BCUT2D eigenvalue weighted by Crippen LogP contribution is -2.39. The molecule has 220 valence electrons. The molecule has 0 amide bonds. The molecule has 1 unspecified atom stereocenters. The van der Waals surface area contributed by atoms with Gasteiger partial charge in [0.05, 0.1) is 28.5 Å². The Hall–Kier alpha value is -5.15. The molecule has 5 aromatic rings. The van der Waals surface area contributed by atoms with Crippen LogP contribution in [0.5, 0.6) is 17.2 Å². The molecular weight excluding hydrogens is 576 g/mol. The molecule has 44 heavy (non-hydrogen) atoms. The number of fused-ring (bicyclic) bond motifs is 3. The van der Waals surface area contributed by atoms with Crippen LogP contribution >= 0.6 is 11.3 Å². The fourth-order valence-electron chi connectivity index (χ4n) is 5.62. The van der Waals surface area contributed by atoms with Gasteiger partial charge in [0.25, 0.3) is 5.56 Å². The lowest BCUT2D eigenvalue weighted by atomic mass is 9.95. The highest BCUT2D eigenvalue weighted by atomic mass is 32.1. The Labute approximate surface area is 256 Å². The van der Waals surface area contributed by atoms with Gasteiger partial charge in [-0.1, -0.05) is 72.0 Å². The van der Waals surface area contributed by atoms with Crippen molar-refractivity contribution in [1.82, 2.24) is 4.57 Å². The first-order valence-electron chi connectivity index (χ1n) is 14.3. The van der Waals surface area contributed by atoms with Gasteiger partial charge in [0.1, 0.15) is 12.4 Å². The van der Waals surface area contributed by atoms with Crippen molar-refractivity contribution >= 4 is 34.2 Å². The number of carbonyl (C=O) groups excluding carboxylic acids is 1. The quantitative estimate of drug-likeness (QED) is 0.236. The molecule has 9 heteroatoms. The summed E-state index contributed by atoms with van der Waals surface area (Å²) < 4.78 is 24.7. The summed E-state index contributed by atoms with van der Waals surface area (Å²) in [6.07, 6.45) is 1.83. The van der Waals surface area contributed by atoms with Crippen LogP contribution in [0.1, 0.15) is 36.6 Å². The van der Waals surface area contributed by atoms with Crippen LogP contribution in [0.15, 0.2) is 106 Å². The standard InChI is InChI=1S/C35H28N2O6S/c1-3-40-34(39)31-21(2)36-35-37(32(31)24-14-15-28-29(18-24)43-20-42-28)33(38)30(44-35)17-22-8-6-12-26(16-22)41-19-25-11-7-10-23-9-4-5-13-27(23)25/h4-18,32H,3,19-20H2,1-2H3. The summed E-state index contributed by atoms with van der Waals surface area (Å²) in [5.74, 6) is 1.35. The lowest BCUT2D eigenvalue weighted by molar-refractivity contribution is -0.139. The van der Waals surface area contributed by atoms with Gasteiger partial charge >= 0.3 is 5.97 Å². The van der Waals surface area contributed by atoms with Gasteiger partial charge in [-0.25, -0.2) is 9.79 Å². The zero-order valence-electron chi connectivity index (χ0n) is 24.1. The van der Waals surface area contributed by atoms with E-state index in [0.29, 0.717) is 50.0 Å². The van der Waals surface area contributed by atoms with Crippen LogP contribution < -0.4 is 29.1 Å². The average molecular weight is 605 g/mol. The van der Waals surface area contributed by atoms with Gasteiger partial charge in [0.2, 0.25) is 6.79 Å². The average Bonchev–Trinajstić information content (AvgIpc) is 3.63. The minimum Gasteiger partial charge on any atom is -0.489 e. The summed E-state index contributed by atoms with van der Waals surface area (Å²) >= 11 is 1.27. The molecule has 0 spiro atoms. The van der Waals surface area contributed by atoms with E-state index in [1.165, 1.54) is 11.3 Å². The third-order valence-corrected chi connectivity index (χ3v) is 8.64. The number of benzene rings is 4. The maximum Gasteiger partial charge on any atom is 0.338 e. The first-order valence-corrected chi connectivity index (χ1v) is 15.1. The summed E-state index contributed by atoms with van der Waals surface area (Å²) in [5, 5.41) is 2.32. The summed E-state index contributed by atoms with van der Waals surface area (Å²) in [5.41, 5.74) is 3.16. The topological polar surface area (TPSA) is 88.4 Å². The molecule has 0 radical (unpaired) electrons. The van der Waals surface area contributed by atoms with Crippen LogP contribution in [0.25, 0.3) is 16.8 Å². The van der Waals surface area contributed by atoms with Gasteiger partial charge in [-0.2, -0.15) is 0 Å². The minimum absolute atomic E-state index is 0.117. The maximum atomic E-state index is 14.0. The van der Waals surface area contributed by atoms with Gasteiger partial charge in [-0.15, -0.1) is 0 Å². The fraction of sp³-hybridized carbons (Fsp3) is 0.171. The van der Waals surface area contributed by atoms with Crippen LogP contribution in [-0.2, 0) is 16.1 Å². The molecule has 7 rings (SSSR count). The number of carbonyl (C=O) groups is 1. The second-order valence-corrected chi connectivity index (χ2v) is 11.4. The van der Waals surface area contributed by atoms with E-state index in [-0.39, 0.29) is 19.0 Å².